The highest BCUT2D eigenvalue weighted by Gasteiger charge is 2.10. The van der Waals surface area contributed by atoms with Crippen molar-refractivity contribution < 1.29 is 19.1 Å². The molecule has 0 aromatic heterocycles. The molecule has 2 rings (SSSR count). The highest BCUT2D eigenvalue weighted by molar-refractivity contribution is 5.92. The number of aldehydes is 1. The molecule has 5 heteroatoms. The van der Waals surface area contributed by atoms with Crippen LogP contribution in [-0.4, -0.2) is 25.4 Å². The van der Waals surface area contributed by atoms with Crippen molar-refractivity contribution in [1.29, 1.82) is 0 Å². The Morgan fingerprint density at radius 1 is 1.04 bits per heavy atom. The Bertz CT molecular complexity index is 720. The van der Waals surface area contributed by atoms with Gasteiger partial charge in [0.1, 0.15) is 6.29 Å². The summed E-state index contributed by atoms with van der Waals surface area (Å²) in [4.78, 5) is 22.9. The number of hydrogen-bond donors (Lipinski definition) is 1. The van der Waals surface area contributed by atoms with Gasteiger partial charge in [-0.25, -0.2) is 0 Å². The summed E-state index contributed by atoms with van der Waals surface area (Å²) >= 11 is 0. The van der Waals surface area contributed by atoms with E-state index in [4.69, 9.17) is 9.47 Å². The number of rotatable bonds is 7. The van der Waals surface area contributed by atoms with E-state index in [1.54, 1.807) is 18.2 Å². The van der Waals surface area contributed by atoms with Gasteiger partial charge in [0.25, 0.3) is 5.91 Å². The van der Waals surface area contributed by atoms with E-state index in [1.165, 1.54) is 0 Å². The van der Waals surface area contributed by atoms with Crippen LogP contribution in [0, 0.1) is 13.8 Å². The molecule has 0 saturated carbocycles. The van der Waals surface area contributed by atoms with Crippen LogP contribution >= 0.6 is 0 Å². The van der Waals surface area contributed by atoms with Crippen molar-refractivity contribution in [3.05, 3.63) is 53.1 Å². The second-order valence-corrected chi connectivity index (χ2v) is 5.47. The lowest BCUT2D eigenvalue weighted by Crippen LogP contribution is -2.20. The summed E-state index contributed by atoms with van der Waals surface area (Å²) in [7, 11) is 0. The largest absolute Gasteiger partial charge is 0.490 e. The van der Waals surface area contributed by atoms with Gasteiger partial charge in [0.2, 0.25) is 0 Å². The van der Waals surface area contributed by atoms with E-state index in [2.05, 4.69) is 5.32 Å². The van der Waals surface area contributed by atoms with E-state index in [1.807, 2.05) is 39.0 Å². The number of aryl methyl sites for hydroxylation is 2. The summed E-state index contributed by atoms with van der Waals surface area (Å²) in [6.45, 7) is 6.08. The molecule has 0 fully saturated rings. The van der Waals surface area contributed by atoms with Gasteiger partial charge < -0.3 is 14.8 Å². The Morgan fingerprint density at radius 3 is 2.38 bits per heavy atom. The fourth-order valence-electron chi connectivity index (χ4n) is 2.37. The predicted octanol–water partition coefficient (Wildman–Crippen LogP) is 3.53. The highest BCUT2D eigenvalue weighted by Crippen LogP contribution is 2.28. The number of hydrogen-bond acceptors (Lipinski definition) is 4. The Balaban J connectivity index is 2.01. The van der Waals surface area contributed by atoms with Crippen molar-refractivity contribution in [1.82, 2.24) is 0 Å². The molecule has 126 valence electrons. The topological polar surface area (TPSA) is 64.6 Å². The van der Waals surface area contributed by atoms with Gasteiger partial charge in [-0.05, 0) is 62.2 Å². The van der Waals surface area contributed by atoms with Crippen LogP contribution in [0.2, 0.25) is 0 Å². The van der Waals surface area contributed by atoms with Crippen molar-refractivity contribution in [2.24, 2.45) is 0 Å². The number of nitrogens with one attached hydrogen (secondary N) is 1. The standard InChI is InChI=1S/C19H21NO4/c1-4-23-18-10-15(11-21)5-6-17(18)24-12-19(22)20-16-8-13(2)7-14(3)9-16/h5-11H,4,12H2,1-3H3,(H,20,22). The lowest BCUT2D eigenvalue weighted by atomic mass is 10.1. The molecule has 0 radical (unpaired) electrons. The lowest BCUT2D eigenvalue weighted by Gasteiger charge is -2.12. The van der Waals surface area contributed by atoms with Crippen LogP contribution in [0.4, 0.5) is 5.69 Å². The third kappa shape index (κ3) is 4.84. The second-order valence-electron chi connectivity index (χ2n) is 5.47. The number of carbonyl (C=O) groups is 2. The summed E-state index contributed by atoms with van der Waals surface area (Å²) < 4.78 is 11.0. The van der Waals surface area contributed by atoms with Crippen LogP contribution in [0.25, 0.3) is 0 Å². The summed E-state index contributed by atoms with van der Waals surface area (Å²) in [5.41, 5.74) is 3.39. The van der Waals surface area contributed by atoms with E-state index in [9.17, 15) is 9.59 Å². The van der Waals surface area contributed by atoms with Crippen LogP contribution in [0.1, 0.15) is 28.4 Å². The molecule has 1 N–H and O–H groups in total. The first-order chi connectivity index (χ1) is 11.5. The zero-order valence-electron chi connectivity index (χ0n) is 14.1. The first kappa shape index (κ1) is 17.5. The van der Waals surface area contributed by atoms with E-state index in [0.717, 1.165) is 23.1 Å². The molecule has 0 aliphatic heterocycles. The van der Waals surface area contributed by atoms with Crippen molar-refractivity contribution in [3.8, 4) is 11.5 Å². The minimum Gasteiger partial charge on any atom is -0.490 e. The molecular formula is C19H21NO4. The zero-order chi connectivity index (χ0) is 17.5. The van der Waals surface area contributed by atoms with E-state index >= 15 is 0 Å². The van der Waals surface area contributed by atoms with Crippen LogP contribution < -0.4 is 14.8 Å². The minimum absolute atomic E-state index is 0.145. The Kier molecular flexibility index (Phi) is 5.95. The molecule has 2 aromatic rings. The fourth-order valence-corrected chi connectivity index (χ4v) is 2.37. The number of amides is 1. The Labute approximate surface area is 141 Å². The normalized spacial score (nSPS) is 10.1. The molecule has 1 amide bonds. The molecule has 0 aliphatic rings. The van der Waals surface area contributed by atoms with Gasteiger partial charge in [-0.3, -0.25) is 9.59 Å². The molecular weight excluding hydrogens is 306 g/mol. The maximum Gasteiger partial charge on any atom is 0.262 e. The van der Waals surface area contributed by atoms with Gasteiger partial charge in [0.15, 0.2) is 18.1 Å². The van der Waals surface area contributed by atoms with Crippen LogP contribution in [0.5, 0.6) is 11.5 Å². The van der Waals surface area contributed by atoms with E-state index < -0.39 is 0 Å². The predicted molar refractivity (Wildman–Crippen MR) is 93.0 cm³/mol. The minimum atomic E-state index is -0.262. The average Bonchev–Trinajstić information content (AvgIpc) is 2.53. The third-order valence-electron chi connectivity index (χ3n) is 3.27. The van der Waals surface area contributed by atoms with Crippen molar-refractivity contribution in [2.45, 2.75) is 20.8 Å². The molecule has 0 spiro atoms. The Hall–Kier alpha value is -2.82. The molecule has 2 aromatic carbocycles. The molecule has 0 atom stereocenters. The summed E-state index contributed by atoms with van der Waals surface area (Å²) in [6, 6.07) is 10.7. The maximum atomic E-state index is 12.1. The second kappa shape index (κ2) is 8.15. The molecule has 0 saturated heterocycles. The van der Waals surface area contributed by atoms with Gasteiger partial charge >= 0.3 is 0 Å². The summed E-state index contributed by atoms with van der Waals surface area (Å²) in [6.07, 6.45) is 0.735. The van der Waals surface area contributed by atoms with E-state index in [-0.39, 0.29) is 12.5 Å². The summed E-state index contributed by atoms with van der Waals surface area (Å²) in [5, 5.41) is 2.81. The average molecular weight is 327 g/mol. The van der Waals surface area contributed by atoms with Crippen LogP contribution in [-0.2, 0) is 4.79 Å². The monoisotopic (exact) mass is 327 g/mol. The molecule has 0 heterocycles. The molecule has 0 bridgehead atoms. The number of carbonyl (C=O) groups excluding carboxylic acids is 2. The summed E-state index contributed by atoms with van der Waals surface area (Å²) in [5.74, 6) is 0.612. The molecule has 5 nitrogen and oxygen atoms in total. The SMILES string of the molecule is CCOc1cc(C=O)ccc1OCC(=O)Nc1cc(C)cc(C)c1. The smallest absolute Gasteiger partial charge is 0.262 e. The molecule has 24 heavy (non-hydrogen) atoms. The van der Waals surface area contributed by atoms with Gasteiger partial charge in [-0.2, -0.15) is 0 Å². The van der Waals surface area contributed by atoms with Gasteiger partial charge in [-0.1, -0.05) is 6.07 Å². The fraction of sp³-hybridized carbons (Fsp3) is 0.263. The van der Waals surface area contributed by atoms with Crippen molar-refractivity contribution in [3.63, 3.8) is 0 Å². The first-order valence-corrected chi connectivity index (χ1v) is 7.74. The zero-order valence-corrected chi connectivity index (χ0v) is 14.1. The quantitative estimate of drug-likeness (QED) is 0.790. The maximum absolute atomic E-state index is 12.1. The number of ether oxygens (including phenoxy) is 2. The molecule has 0 unspecified atom stereocenters. The first-order valence-electron chi connectivity index (χ1n) is 7.74. The van der Waals surface area contributed by atoms with Crippen LogP contribution in [0.15, 0.2) is 36.4 Å². The van der Waals surface area contributed by atoms with E-state index in [0.29, 0.717) is 23.7 Å². The number of anilines is 1. The van der Waals surface area contributed by atoms with Crippen molar-refractivity contribution in [2.75, 3.05) is 18.5 Å². The number of benzene rings is 2. The molecule has 0 aliphatic carbocycles. The van der Waals surface area contributed by atoms with Gasteiger partial charge in [0, 0.05) is 11.3 Å². The van der Waals surface area contributed by atoms with Crippen molar-refractivity contribution >= 4 is 17.9 Å². The lowest BCUT2D eigenvalue weighted by molar-refractivity contribution is -0.118. The Morgan fingerprint density at radius 2 is 1.75 bits per heavy atom. The van der Waals surface area contributed by atoms with Crippen LogP contribution in [0.3, 0.4) is 0 Å². The highest BCUT2D eigenvalue weighted by atomic mass is 16.5. The third-order valence-corrected chi connectivity index (χ3v) is 3.27. The van der Waals surface area contributed by atoms with Gasteiger partial charge in [-0.15, -0.1) is 0 Å². The van der Waals surface area contributed by atoms with Gasteiger partial charge in [0.05, 0.1) is 6.61 Å².